The molecule has 1 aromatic heterocycles. The van der Waals surface area contributed by atoms with E-state index in [1.54, 1.807) is 36.4 Å². The van der Waals surface area contributed by atoms with Gasteiger partial charge in [0.25, 0.3) is 5.91 Å². The molecule has 1 amide bonds. The van der Waals surface area contributed by atoms with E-state index >= 15 is 0 Å². The van der Waals surface area contributed by atoms with E-state index in [0.29, 0.717) is 11.1 Å². The maximum absolute atomic E-state index is 13.4. The molecule has 0 unspecified atom stereocenters. The van der Waals surface area contributed by atoms with E-state index in [-0.39, 0.29) is 36.3 Å². The lowest BCUT2D eigenvalue weighted by molar-refractivity contribution is 0.0697. The first-order valence-electron chi connectivity index (χ1n) is 10.5. The third kappa shape index (κ3) is 6.58. The van der Waals surface area contributed by atoms with Crippen LogP contribution in [-0.4, -0.2) is 38.6 Å². The van der Waals surface area contributed by atoms with Crippen LogP contribution in [0.5, 0.6) is 5.75 Å². The van der Waals surface area contributed by atoms with Gasteiger partial charge < -0.3 is 18.4 Å². The van der Waals surface area contributed by atoms with Gasteiger partial charge in [0.2, 0.25) is 0 Å². The van der Waals surface area contributed by atoms with Gasteiger partial charge in [-0.2, -0.15) is 8.42 Å². The van der Waals surface area contributed by atoms with Gasteiger partial charge in [-0.3, -0.25) is 4.79 Å². The summed E-state index contributed by atoms with van der Waals surface area (Å²) in [4.78, 5) is 16.7. The molecule has 0 aliphatic rings. The molecule has 2 aromatic carbocycles. The molecule has 0 radical (unpaired) electrons. The van der Waals surface area contributed by atoms with Crippen LogP contribution in [0.3, 0.4) is 0 Å². The van der Waals surface area contributed by atoms with E-state index in [0.717, 1.165) is 25.0 Å². The van der Waals surface area contributed by atoms with Gasteiger partial charge in [0.05, 0.1) is 19.1 Å². The minimum absolute atomic E-state index is 0.0558. The smallest absolute Gasteiger partial charge is 0.306 e. The molecule has 3 rings (SSSR count). The molecular weight excluding hydrogens is 447 g/mol. The van der Waals surface area contributed by atoms with Crippen LogP contribution in [0.2, 0.25) is 0 Å². The van der Waals surface area contributed by atoms with Crippen LogP contribution in [0.25, 0.3) is 0 Å². The van der Waals surface area contributed by atoms with E-state index in [2.05, 4.69) is 4.90 Å². The summed E-state index contributed by atoms with van der Waals surface area (Å²) in [5, 5.41) is 0. The highest BCUT2D eigenvalue weighted by atomic mass is 32.2. The fourth-order valence-electron chi connectivity index (χ4n) is 3.47. The minimum Gasteiger partial charge on any atom is -0.459 e. The summed E-state index contributed by atoms with van der Waals surface area (Å²) in [5.41, 5.74) is 2.03. The second-order valence-electron chi connectivity index (χ2n) is 7.52. The zero-order chi connectivity index (χ0) is 24.0. The Bertz CT molecular complexity index is 1170. The highest BCUT2D eigenvalue weighted by Gasteiger charge is 2.22. The molecule has 7 nitrogen and oxygen atoms in total. The Morgan fingerprint density at radius 1 is 1.03 bits per heavy atom. The second kappa shape index (κ2) is 10.5. The van der Waals surface area contributed by atoms with Crippen molar-refractivity contribution in [3.8, 4) is 5.75 Å². The molecule has 1 heterocycles. The van der Waals surface area contributed by atoms with Crippen molar-refractivity contribution in [2.75, 3.05) is 24.2 Å². The standard InChI is InChI=1S/C24H27FN2O5S/c1-4-26(5-2)21-13-10-19(23(15-21)32-33(3,29)30)17-27(24(28)22-7-6-14-31-22)16-18-8-11-20(25)12-9-18/h6-15H,4-5,16-17H2,1-3H3. The van der Waals surface area contributed by atoms with Gasteiger partial charge in [0.1, 0.15) is 11.6 Å². The van der Waals surface area contributed by atoms with Gasteiger partial charge >= 0.3 is 10.1 Å². The largest absolute Gasteiger partial charge is 0.459 e. The summed E-state index contributed by atoms with van der Waals surface area (Å²) >= 11 is 0. The van der Waals surface area contributed by atoms with Crippen molar-refractivity contribution in [2.45, 2.75) is 26.9 Å². The van der Waals surface area contributed by atoms with Crippen LogP contribution in [-0.2, 0) is 23.2 Å². The van der Waals surface area contributed by atoms with Crippen molar-refractivity contribution in [1.29, 1.82) is 0 Å². The number of hydrogen-bond acceptors (Lipinski definition) is 6. The highest BCUT2D eigenvalue weighted by molar-refractivity contribution is 7.86. The van der Waals surface area contributed by atoms with E-state index in [1.165, 1.54) is 23.3 Å². The molecule has 176 valence electrons. The van der Waals surface area contributed by atoms with Crippen molar-refractivity contribution in [3.05, 3.63) is 83.6 Å². The van der Waals surface area contributed by atoms with Crippen LogP contribution in [0.15, 0.2) is 65.3 Å². The lowest BCUT2D eigenvalue weighted by Gasteiger charge is -2.25. The van der Waals surface area contributed by atoms with Gasteiger partial charge in [-0.15, -0.1) is 0 Å². The number of furan rings is 1. The maximum atomic E-state index is 13.4. The van der Waals surface area contributed by atoms with Gasteiger partial charge in [-0.25, -0.2) is 4.39 Å². The predicted octanol–water partition coefficient (Wildman–Crippen LogP) is 4.45. The number of nitrogens with zero attached hydrogens (tertiary/aromatic N) is 2. The molecule has 3 aromatic rings. The number of benzene rings is 2. The predicted molar refractivity (Wildman–Crippen MR) is 124 cm³/mol. The van der Waals surface area contributed by atoms with E-state index < -0.39 is 10.1 Å². The van der Waals surface area contributed by atoms with E-state index in [1.807, 2.05) is 19.9 Å². The molecule has 0 bridgehead atoms. The number of carbonyl (C=O) groups excluding carboxylic acids is 1. The highest BCUT2D eigenvalue weighted by Crippen LogP contribution is 2.29. The molecule has 0 saturated carbocycles. The molecular formula is C24H27FN2O5S. The molecule has 0 N–H and O–H groups in total. The van der Waals surface area contributed by atoms with Crippen molar-refractivity contribution in [2.24, 2.45) is 0 Å². The summed E-state index contributed by atoms with van der Waals surface area (Å²) in [7, 11) is -3.80. The number of anilines is 1. The first-order valence-corrected chi connectivity index (χ1v) is 12.4. The van der Waals surface area contributed by atoms with Crippen molar-refractivity contribution in [1.82, 2.24) is 4.90 Å². The third-order valence-corrected chi connectivity index (χ3v) is 5.57. The summed E-state index contributed by atoms with van der Waals surface area (Å²) in [6.07, 6.45) is 2.38. The Morgan fingerprint density at radius 2 is 1.73 bits per heavy atom. The van der Waals surface area contributed by atoms with Gasteiger partial charge in [-0.1, -0.05) is 18.2 Å². The topological polar surface area (TPSA) is 80.1 Å². The summed E-state index contributed by atoms with van der Waals surface area (Å²) in [6.45, 7) is 5.70. The molecule has 33 heavy (non-hydrogen) atoms. The van der Waals surface area contributed by atoms with Gasteiger partial charge in [0.15, 0.2) is 5.76 Å². The van der Waals surface area contributed by atoms with Crippen LogP contribution in [0.4, 0.5) is 10.1 Å². The van der Waals surface area contributed by atoms with Crippen molar-refractivity contribution >= 4 is 21.7 Å². The number of rotatable bonds is 10. The fraction of sp³-hybridized carbons (Fsp3) is 0.292. The zero-order valence-electron chi connectivity index (χ0n) is 18.8. The Labute approximate surface area is 193 Å². The number of hydrogen-bond donors (Lipinski definition) is 0. The lowest BCUT2D eigenvalue weighted by atomic mass is 10.1. The summed E-state index contributed by atoms with van der Waals surface area (Å²) < 4.78 is 47.8. The Morgan fingerprint density at radius 3 is 2.30 bits per heavy atom. The average Bonchev–Trinajstić information content (AvgIpc) is 3.30. The average molecular weight is 475 g/mol. The molecule has 0 saturated heterocycles. The molecule has 0 aliphatic heterocycles. The number of carbonyl (C=O) groups is 1. The number of amides is 1. The van der Waals surface area contributed by atoms with Gasteiger partial charge in [0, 0.05) is 37.0 Å². The summed E-state index contributed by atoms with van der Waals surface area (Å²) in [5.74, 6) is -0.471. The Balaban J connectivity index is 1.99. The first-order chi connectivity index (χ1) is 15.7. The normalized spacial score (nSPS) is 11.3. The van der Waals surface area contributed by atoms with Crippen molar-refractivity contribution < 1.29 is 26.2 Å². The SMILES string of the molecule is CCN(CC)c1ccc(CN(Cc2ccc(F)cc2)C(=O)c2ccco2)c(OS(C)(=O)=O)c1. The van der Waals surface area contributed by atoms with Crippen LogP contribution < -0.4 is 9.08 Å². The van der Waals surface area contributed by atoms with Crippen LogP contribution >= 0.6 is 0 Å². The maximum Gasteiger partial charge on any atom is 0.306 e. The molecule has 0 atom stereocenters. The Kier molecular flexibility index (Phi) is 7.75. The molecule has 0 fully saturated rings. The van der Waals surface area contributed by atoms with E-state index in [9.17, 15) is 17.6 Å². The van der Waals surface area contributed by atoms with Crippen molar-refractivity contribution in [3.63, 3.8) is 0 Å². The fourth-order valence-corrected chi connectivity index (χ4v) is 3.95. The molecule has 0 spiro atoms. The Hall–Kier alpha value is -3.33. The van der Waals surface area contributed by atoms with E-state index in [4.69, 9.17) is 8.60 Å². The molecule has 0 aliphatic carbocycles. The zero-order valence-corrected chi connectivity index (χ0v) is 19.6. The minimum atomic E-state index is -3.80. The van der Waals surface area contributed by atoms with Crippen LogP contribution in [0.1, 0.15) is 35.5 Å². The first kappa shape index (κ1) is 24.3. The molecule has 9 heteroatoms. The quantitative estimate of drug-likeness (QED) is 0.404. The third-order valence-electron chi connectivity index (χ3n) is 5.09. The van der Waals surface area contributed by atoms with Gasteiger partial charge in [-0.05, 0) is 49.7 Å². The monoisotopic (exact) mass is 474 g/mol. The lowest BCUT2D eigenvalue weighted by Crippen LogP contribution is -2.30. The number of halogens is 1. The second-order valence-corrected chi connectivity index (χ2v) is 9.09. The summed E-state index contributed by atoms with van der Waals surface area (Å²) in [6, 6.07) is 14.3. The van der Waals surface area contributed by atoms with Crippen LogP contribution in [0, 0.1) is 5.82 Å².